The third-order valence-corrected chi connectivity index (χ3v) is 3.42. The SMILES string of the molecule is Cc1ccc(Cl)c(Nc2cc(N)nc(C3CC3)n2)c1. The van der Waals surface area contributed by atoms with E-state index in [9.17, 15) is 0 Å². The van der Waals surface area contributed by atoms with Gasteiger partial charge in [-0.05, 0) is 37.5 Å². The molecule has 0 aliphatic heterocycles. The first-order valence-electron chi connectivity index (χ1n) is 6.29. The van der Waals surface area contributed by atoms with Crippen LogP contribution in [0.4, 0.5) is 17.3 Å². The van der Waals surface area contributed by atoms with Crippen molar-refractivity contribution in [2.24, 2.45) is 0 Å². The molecule has 19 heavy (non-hydrogen) atoms. The maximum Gasteiger partial charge on any atom is 0.136 e. The summed E-state index contributed by atoms with van der Waals surface area (Å²) in [6.45, 7) is 2.02. The normalized spacial score (nSPS) is 14.4. The van der Waals surface area contributed by atoms with E-state index >= 15 is 0 Å². The molecule has 0 saturated heterocycles. The molecule has 98 valence electrons. The van der Waals surface area contributed by atoms with Crippen LogP contribution >= 0.6 is 11.6 Å². The Hall–Kier alpha value is -1.81. The predicted octanol–water partition coefficient (Wildman–Crippen LogP) is 3.64. The van der Waals surface area contributed by atoms with Crippen LogP contribution < -0.4 is 11.1 Å². The van der Waals surface area contributed by atoms with Crippen molar-refractivity contribution in [3.63, 3.8) is 0 Å². The Morgan fingerprint density at radius 3 is 2.79 bits per heavy atom. The zero-order valence-electron chi connectivity index (χ0n) is 10.7. The van der Waals surface area contributed by atoms with Crippen LogP contribution in [0.2, 0.25) is 5.02 Å². The number of aryl methyl sites for hydroxylation is 1. The number of rotatable bonds is 3. The molecule has 0 bridgehead atoms. The van der Waals surface area contributed by atoms with E-state index in [2.05, 4.69) is 15.3 Å². The third kappa shape index (κ3) is 2.79. The summed E-state index contributed by atoms with van der Waals surface area (Å²) in [5.41, 5.74) is 7.79. The number of aromatic nitrogens is 2. The summed E-state index contributed by atoms with van der Waals surface area (Å²) in [7, 11) is 0. The van der Waals surface area contributed by atoms with Gasteiger partial charge < -0.3 is 11.1 Å². The highest BCUT2D eigenvalue weighted by Gasteiger charge is 2.27. The molecule has 1 fully saturated rings. The molecule has 3 rings (SSSR count). The molecule has 1 aromatic carbocycles. The second-order valence-electron chi connectivity index (χ2n) is 4.92. The van der Waals surface area contributed by atoms with Crippen LogP contribution in [-0.4, -0.2) is 9.97 Å². The van der Waals surface area contributed by atoms with Crippen LogP contribution in [0, 0.1) is 6.92 Å². The van der Waals surface area contributed by atoms with Crippen LogP contribution in [-0.2, 0) is 0 Å². The largest absolute Gasteiger partial charge is 0.384 e. The first kappa shape index (κ1) is 12.2. The molecule has 1 aromatic heterocycles. The van der Waals surface area contributed by atoms with Crippen molar-refractivity contribution in [1.82, 2.24) is 9.97 Å². The molecule has 5 heteroatoms. The van der Waals surface area contributed by atoms with Gasteiger partial charge in [0.15, 0.2) is 0 Å². The van der Waals surface area contributed by atoms with Crippen LogP contribution in [0.15, 0.2) is 24.3 Å². The first-order chi connectivity index (χ1) is 9.11. The van der Waals surface area contributed by atoms with Gasteiger partial charge >= 0.3 is 0 Å². The number of nitrogen functional groups attached to an aromatic ring is 1. The number of halogens is 1. The molecule has 0 spiro atoms. The van der Waals surface area contributed by atoms with Crippen molar-refractivity contribution >= 4 is 28.9 Å². The molecular formula is C14H15ClN4. The average Bonchev–Trinajstić information content (AvgIpc) is 3.17. The maximum atomic E-state index is 6.16. The standard InChI is InChI=1S/C14H15ClN4/c1-8-2-5-10(15)11(6-8)17-13-7-12(16)18-14(19-13)9-3-4-9/h2,5-7,9H,3-4H2,1H3,(H3,16,17,18,19). The molecule has 1 aliphatic carbocycles. The van der Waals surface area contributed by atoms with Crippen LogP contribution in [0.3, 0.4) is 0 Å². The van der Waals surface area contributed by atoms with Gasteiger partial charge in [-0.25, -0.2) is 9.97 Å². The van der Waals surface area contributed by atoms with E-state index in [1.54, 1.807) is 6.07 Å². The molecular weight excluding hydrogens is 260 g/mol. The third-order valence-electron chi connectivity index (χ3n) is 3.09. The molecule has 3 N–H and O–H groups in total. The van der Waals surface area contributed by atoms with E-state index in [1.165, 1.54) is 0 Å². The van der Waals surface area contributed by atoms with E-state index in [1.807, 2.05) is 25.1 Å². The minimum atomic E-state index is 0.469. The maximum absolute atomic E-state index is 6.16. The smallest absolute Gasteiger partial charge is 0.136 e. The summed E-state index contributed by atoms with van der Waals surface area (Å²) in [5, 5.41) is 3.88. The topological polar surface area (TPSA) is 63.8 Å². The fourth-order valence-corrected chi connectivity index (χ4v) is 2.11. The first-order valence-corrected chi connectivity index (χ1v) is 6.67. The van der Waals surface area contributed by atoms with Gasteiger partial charge in [0.25, 0.3) is 0 Å². The highest BCUT2D eigenvalue weighted by atomic mass is 35.5. The lowest BCUT2D eigenvalue weighted by molar-refractivity contribution is 0.936. The molecule has 1 heterocycles. The van der Waals surface area contributed by atoms with Gasteiger partial charge in [-0.3, -0.25) is 0 Å². The van der Waals surface area contributed by atoms with Gasteiger partial charge in [-0.1, -0.05) is 17.7 Å². The van der Waals surface area contributed by atoms with Gasteiger partial charge in [0.2, 0.25) is 0 Å². The average molecular weight is 275 g/mol. The predicted molar refractivity (Wildman–Crippen MR) is 77.9 cm³/mol. The van der Waals surface area contributed by atoms with Crippen molar-refractivity contribution < 1.29 is 0 Å². The van der Waals surface area contributed by atoms with Gasteiger partial charge in [-0.15, -0.1) is 0 Å². The van der Waals surface area contributed by atoms with Gasteiger partial charge in [0.1, 0.15) is 17.5 Å². The fourth-order valence-electron chi connectivity index (χ4n) is 1.95. The quantitative estimate of drug-likeness (QED) is 0.897. The van der Waals surface area contributed by atoms with Crippen molar-refractivity contribution in [3.8, 4) is 0 Å². The molecule has 4 nitrogen and oxygen atoms in total. The van der Waals surface area contributed by atoms with Crippen LogP contribution in [0.5, 0.6) is 0 Å². The molecule has 0 radical (unpaired) electrons. The summed E-state index contributed by atoms with van der Waals surface area (Å²) >= 11 is 6.16. The van der Waals surface area contributed by atoms with E-state index in [-0.39, 0.29) is 0 Å². The van der Waals surface area contributed by atoms with Crippen molar-refractivity contribution in [1.29, 1.82) is 0 Å². The lowest BCUT2D eigenvalue weighted by atomic mass is 10.2. The Morgan fingerprint density at radius 1 is 1.26 bits per heavy atom. The summed E-state index contributed by atoms with van der Waals surface area (Å²) in [4.78, 5) is 8.77. The molecule has 2 aromatic rings. The van der Waals surface area contributed by atoms with E-state index in [0.29, 0.717) is 22.6 Å². The van der Waals surface area contributed by atoms with E-state index in [0.717, 1.165) is 29.9 Å². The fraction of sp³-hybridized carbons (Fsp3) is 0.286. The number of nitrogens with two attached hydrogens (primary N) is 1. The van der Waals surface area contributed by atoms with E-state index < -0.39 is 0 Å². The number of nitrogens with zero attached hydrogens (tertiary/aromatic N) is 2. The number of anilines is 3. The Labute approximate surface area is 117 Å². The lowest BCUT2D eigenvalue weighted by Gasteiger charge is -2.10. The summed E-state index contributed by atoms with van der Waals surface area (Å²) in [5.74, 6) is 2.48. The van der Waals surface area contributed by atoms with Crippen molar-refractivity contribution in [3.05, 3.63) is 40.7 Å². The van der Waals surface area contributed by atoms with Gasteiger partial charge in [0.05, 0.1) is 10.7 Å². The number of hydrogen-bond donors (Lipinski definition) is 2. The van der Waals surface area contributed by atoms with Gasteiger partial charge in [-0.2, -0.15) is 0 Å². The Balaban J connectivity index is 1.92. The number of benzene rings is 1. The Morgan fingerprint density at radius 2 is 2.05 bits per heavy atom. The second-order valence-corrected chi connectivity index (χ2v) is 5.33. The summed E-state index contributed by atoms with van der Waals surface area (Å²) in [6.07, 6.45) is 2.29. The minimum Gasteiger partial charge on any atom is -0.384 e. The summed E-state index contributed by atoms with van der Waals surface area (Å²) < 4.78 is 0. The monoisotopic (exact) mass is 274 g/mol. The summed E-state index contributed by atoms with van der Waals surface area (Å²) in [6, 6.07) is 7.55. The lowest BCUT2D eigenvalue weighted by Crippen LogP contribution is -2.03. The van der Waals surface area contributed by atoms with Crippen molar-refractivity contribution in [2.75, 3.05) is 11.1 Å². The highest BCUT2D eigenvalue weighted by molar-refractivity contribution is 6.33. The Kier molecular flexibility index (Phi) is 3.03. The van der Waals surface area contributed by atoms with Crippen molar-refractivity contribution in [2.45, 2.75) is 25.7 Å². The van der Waals surface area contributed by atoms with Crippen LogP contribution in [0.1, 0.15) is 30.1 Å². The second kappa shape index (κ2) is 4.70. The molecule has 1 saturated carbocycles. The van der Waals surface area contributed by atoms with Crippen LogP contribution in [0.25, 0.3) is 0 Å². The zero-order valence-corrected chi connectivity index (χ0v) is 11.4. The number of hydrogen-bond acceptors (Lipinski definition) is 4. The van der Waals surface area contributed by atoms with Gasteiger partial charge in [0, 0.05) is 12.0 Å². The Bertz CT molecular complexity index is 623. The highest BCUT2D eigenvalue weighted by Crippen LogP contribution is 2.39. The molecule has 0 amide bonds. The number of nitrogens with one attached hydrogen (secondary N) is 1. The van der Waals surface area contributed by atoms with E-state index in [4.69, 9.17) is 17.3 Å². The zero-order chi connectivity index (χ0) is 13.4. The molecule has 1 aliphatic rings. The minimum absolute atomic E-state index is 0.469. The molecule has 0 atom stereocenters. The molecule has 0 unspecified atom stereocenters.